The molecule has 0 bridgehead atoms. The Hall–Kier alpha value is -0.0800. The Morgan fingerprint density at radius 2 is 2.09 bits per heavy atom. The van der Waals surface area contributed by atoms with Crippen molar-refractivity contribution >= 4 is 0 Å². The Morgan fingerprint density at radius 3 is 2.45 bits per heavy atom. The minimum absolute atomic E-state index is 0.588. The quantitative estimate of drug-likeness (QED) is 0.626. The Morgan fingerprint density at radius 1 is 1.36 bits per heavy atom. The lowest BCUT2D eigenvalue weighted by Gasteiger charge is -2.43. The van der Waals surface area contributed by atoms with Crippen LogP contribution in [0.3, 0.4) is 0 Å². The van der Waals surface area contributed by atoms with Crippen molar-refractivity contribution in [3.05, 3.63) is 0 Å². The number of hydrogen-bond acceptors (Lipinski definition) is 2. The summed E-state index contributed by atoms with van der Waals surface area (Å²) < 4.78 is 0. The summed E-state index contributed by atoms with van der Waals surface area (Å²) >= 11 is 0. The Bertz CT molecular complexity index is 108. The molecule has 2 nitrogen and oxygen atoms in total. The topological polar surface area (TPSA) is 38.0 Å². The maximum Gasteiger partial charge on any atom is 0.00207 e. The molecule has 0 aromatic rings. The molecule has 11 heavy (non-hydrogen) atoms. The van der Waals surface area contributed by atoms with Crippen LogP contribution in [-0.2, 0) is 0 Å². The van der Waals surface area contributed by atoms with Gasteiger partial charge in [-0.1, -0.05) is 19.8 Å². The van der Waals surface area contributed by atoms with E-state index >= 15 is 0 Å². The molecular weight excluding hydrogens is 136 g/mol. The molecule has 0 radical (unpaired) electrons. The molecule has 3 N–H and O–H groups in total. The van der Waals surface area contributed by atoms with Crippen LogP contribution in [0.25, 0.3) is 0 Å². The lowest BCUT2D eigenvalue weighted by Crippen LogP contribution is -2.54. The van der Waals surface area contributed by atoms with Crippen LogP contribution in [0.15, 0.2) is 0 Å². The first-order valence-electron chi connectivity index (χ1n) is 4.74. The second-order valence-electron chi connectivity index (χ2n) is 3.75. The summed E-state index contributed by atoms with van der Waals surface area (Å²) in [6.07, 6.45) is 5.25. The molecule has 1 rings (SSSR count). The summed E-state index contributed by atoms with van der Waals surface area (Å²) in [5.41, 5.74) is 6.16. The van der Waals surface area contributed by atoms with E-state index in [2.05, 4.69) is 12.2 Å². The first kappa shape index (κ1) is 9.01. The molecule has 1 aliphatic rings. The van der Waals surface area contributed by atoms with Gasteiger partial charge in [0.2, 0.25) is 0 Å². The second kappa shape index (κ2) is 4.07. The van der Waals surface area contributed by atoms with Crippen molar-refractivity contribution in [2.45, 2.75) is 32.6 Å². The molecule has 2 heteroatoms. The molecule has 0 unspecified atom stereocenters. The van der Waals surface area contributed by atoms with Crippen LogP contribution >= 0.6 is 0 Å². The van der Waals surface area contributed by atoms with Crippen LogP contribution in [-0.4, -0.2) is 19.6 Å². The SMILES string of the molecule is CCCCC1(CCN)CNC1. The maximum absolute atomic E-state index is 5.57. The number of nitrogens with two attached hydrogens (primary N) is 1. The molecule has 0 saturated carbocycles. The second-order valence-corrected chi connectivity index (χ2v) is 3.75. The molecule has 0 aromatic carbocycles. The highest BCUT2D eigenvalue weighted by atomic mass is 15.0. The van der Waals surface area contributed by atoms with Crippen LogP contribution < -0.4 is 11.1 Å². The van der Waals surface area contributed by atoms with Gasteiger partial charge in [0.25, 0.3) is 0 Å². The van der Waals surface area contributed by atoms with Crippen molar-refractivity contribution < 1.29 is 0 Å². The van der Waals surface area contributed by atoms with E-state index in [1.54, 1.807) is 0 Å². The summed E-state index contributed by atoms with van der Waals surface area (Å²) in [5, 5.41) is 3.34. The average molecular weight is 156 g/mol. The van der Waals surface area contributed by atoms with Crippen LogP contribution in [0.5, 0.6) is 0 Å². The third-order valence-corrected chi connectivity index (χ3v) is 2.74. The van der Waals surface area contributed by atoms with E-state index in [1.165, 1.54) is 38.8 Å². The zero-order valence-electron chi connectivity index (χ0n) is 7.53. The molecule has 1 fully saturated rings. The van der Waals surface area contributed by atoms with Gasteiger partial charge in [0.05, 0.1) is 0 Å². The molecule has 0 amide bonds. The highest BCUT2D eigenvalue weighted by Gasteiger charge is 2.34. The van der Waals surface area contributed by atoms with Gasteiger partial charge < -0.3 is 11.1 Å². The van der Waals surface area contributed by atoms with Gasteiger partial charge in [0.1, 0.15) is 0 Å². The van der Waals surface area contributed by atoms with Gasteiger partial charge in [-0.3, -0.25) is 0 Å². The molecule has 66 valence electrons. The average Bonchev–Trinajstić information content (AvgIpc) is 1.95. The van der Waals surface area contributed by atoms with Gasteiger partial charge >= 0.3 is 0 Å². The number of nitrogens with one attached hydrogen (secondary N) is 1. The van der Waals surface area contributed by atoms with Gasteiger partial charge in [-0.2, -0.15) is 0 Å². The summed E-state index contributed by atoms with van der Waals surface area (Å²) in [4.78, 5) is 0. The molecule has 0 aliphatic carbocycles. The lowest BCUT2D eigenvalue weighted by molar-refractivity contribution is 0.138. The summed E-state index contributed by atoms with van der Waals surface area (Å²) in [7, 11) is 0. The van der Waals surface area contributed by atoms with Crippen molar-refractivity contribution in [3.63, 3.8) is 0 Å². The summed E-state index contributed by atoms with van der Waals surface area (Å²) in [5.74, 6) is 0. The zero-order chi connectivity index (χ0) is 8.16. The van der Waals surface area contributed by atoms with Crippen molar-refractivity contribution in [2.24, 2.45) is 11.1 Å². The molecule has 0 aromatic heterocycles. The highest BCUT2D eigenvalue weighted by Crippen LogP contribution is 2.32. The predicted molar refractivity (Wildman–Crippen MR) is 48.5 cm³/mol. The third kappa shape index (κ3) is 2.17. The van der Waals surface area contributed by atoms with Crippen LogP contribution in [0.1, 0.15) is 32.6 Å². The summed E-state index contributed by atoms with van der Waals surface area (Å²) in [6.45, 7) is 5.50. The van der Waals surface area contributed by atoms with Gasteiger partial charge in [-0.05, 0) is 24.8 Å². The Kier molecular flexibility index (Phi) is 3.34. The molecule has 0 spiro atoms. The van der Waals surface area contributed by atoms with E-state index in [0.717, 1.165) is 6.54 Å². The largest absolute Gasteiger partial charge is 0.330 e. The van der Waals surface area contributed by atoms with Crippen molar-refractivity contribution in [1.29, 1.82) is 0 Å². The van der Waals surface area contributed by atoms with Crippen LogP contribution in [0.2, 0.25) is 0 Å². The van der Waals surface area contributed by atoms with E-state index in [4.69, 9.17) is 5.73 Å². The predicted octanol–water partition coefficient (Wildman–Crippen LogP) is 1.12. The zero-order valence-corrected chi connectivity index (χ0v) is 7.53. The van der Waals surface area contributed by atoms with Crippen LogP contribution in [0.4, 0.5) is 0 Å². The van der Waals surface area contributed by atoms with Crippen molar-refractivity contribution in [1.82, 2.24) is 5.32 Å². The fourth-order valence-corrected chi connectivity index (χ4v) is 1.82. The van der Waals surface area contributed by atoms with Gasteiger partial charge in [-0.25, -0.2) is 0 Å². The minimum atomic E-state index is 0.588. The number of rotatable bonds is 5. The minimum Gasteiger partial charge on any atom is -0.330 e. The fourth-order valence-electron chi connectivity index (χ4n) is 1.82. The smallest absolute Gasteiger partial charge is 0.00207 e. The van der Waals surface area contributed by atoms with E-state index in [0.29, 0.717) is 5.41 Å². The Labute approximate surface area is 69.5 Å². The fraction of sp³-hybridized carbons (Fsp3) is 1.00. The Balaban J connectivity index is 2.22. The van der Waals surface area contributed by atoms with Crippen molar-refractivity contribution in [3.8, 4) is 0 Å². The normalized spacial score (nSPS) is 21.3. The molecule has 1 aliphatic heterocycles. The van der Waals surface area contributed by atoms with Crippen LogP contribution in [0, 0.1) is 5.41 Å². The van der Waals surface area contributed by atoms with Gasteiger partial charge in [-0.15, -0.1) is 0 Å². The van der Waals surface area contributed by atoms with E-state index < -0.39 is 0 Å². The highest BCUT2D eigenvalue weighted by molar-refractivity contribution is 4.91. The van der Waals surface area contributed by atoms with E-state index in [-0.39, 0.29) is 0 Å². The molecular formula is C9H20N2. The van der Waals surface area contributed by atoms with E-state index in [9.17, 15) is 0 Å². The maximum atomic E-state index is 5.57. The van der Waals surface area contributed by atoms with Crippen molar-refractivity contribution in [2.75, 3.05) is 19.6 Å². The molecule has 1 saturated heterocycles. The molecule has 1 heterocycles. The molecule has 0 atom stereocenters. The standard InChI is InChI=1S/C9H20N2/c1-2-3-4-9(5-6-10)7-11-8-9/h11H,2-8,10H2,1H3. The number of hydrogen-bond donors (Lipinski definition) is 2. The third-order valence-electron chi connectivity index (χ3n) is 2.74. The lowest BCUT2D eigenvalue weighted by atomic mass is 9.74. The monoisotopic (exact) mass is 156 g/mol. The van der Waals surface area contributed by atoms with Gasteiger partial charge in [0, 0.05) is 13.1 Å². The number of unbranched alkanes of at least 4 members (excludes halogenated alkanes) is 1. The summed E-state index contributed by atoms with van der Waals surface area (Å²) in [6, 6.07) is 0. The first-order valence-corrected chi connectivity index (χ1v) is 4.74. The van der Waals surface area contributed by atoms with Gasteiger partial charge in [0.15, 0.2) is 0 Å². The first-order chi connectivity index (χ1) is 5.33. The van der Waals surface area contributed by atoms with E-state index in [1.807, 2.05) is 0 Å².